The van der Waals surface area contributed by atoms with Crippen LogP contribution in [-0.4, -0.2) is 35.4 Å². The highest BCUT2D eigenvalue weighted by molar-refractivity contribution is 7.90. The second kappa shape index (κ2) is 5.12. The van der Waals surface area contributed by atoms with E-state index in [9.17, 15) is 16.8 Å². The number of nitrogens with two attached hydrogens (primary N) is 2. The highest BCUT2D eigenvalue weighted by atomic mass is 32.2. The number of nitrogen functional groups attached to an aromatic ring is 1. The van der Waals surface area contributed by atoms with Crippen LogP contribution in [-0.2, 0) is 19.9 Å². The molecular formula is C9H15N3O4S2. The highest BCUT2D eigenvalue weighted by Gasteiger charge is 2.14. The zero-order valence-electron chi connectivity index (χ0n) is 9.75. The quantitative estimate of drug-likeness (QED) is 0.619. The molecule has 0 aromatic heterocycles. The molecule has 0 aliphatic carbocycles. The van der Waals surface area contributed by atoms with E-state index in [-0.39, 0.29) is 22.9 Å². The van der Waals surface area contributed by atoms with Crippen molar-refractivity contribution in [3.05, 3.63) is 18.2 Å². The number of sulfonamides is 1. The Morgan fingerprint density at radius 3 is 2.33 bits per heavy atom. The van der Waals surface area contributed by atoms with Gasteiger partial charge in [-0.1, -0.05) is 6.07 Å². The average molecular weight is 293 g/mol. The van der Waals surface area contributed by atoms with Gasteiger partial charge in [-0.05, 0) is 12.1 Å². The summed E-state index contributed by atoms with van der Waals surface area (Å²) in [5, 5.41) is 7.75. The minimum atomic E-state index is -3.89. The minimum absolute atomic E-state index is 0.0199. The van der Waals surface area contributed by atoms with E-state index in [0.717, 1.165) is 6.26 Å². The third kappa shape index (κ3) is 4.17. The van der Waals surface area contributed by atoms with E-state index in [1.165, 1.54) is 12.1 Å². The molecule has 5 N–H and O–H groups in total. The highest BCUT2D eigenvalue weighted by Crippen LogP contribution is 2.25. The van der Waals surface area contributed by atoms with E-state index in [1.54, 1.807) is 6.07 Å². The van der Waals surface area contributed by atoms with Crippen molar-refractivity contribution in [3.63, 3.8) is 0 Å². The Morgan fingerprint density at radius 1 is 1.22 bits per heavy atom. The summed E-state index contributed by atoms with van der Waals surface area (Å²) in [4.78, 5) is -0.188. The molecule has 102 valence electrons. The van der Waals surface area contributed by atoms with E-state index in [1.807, 2.05) is 0 Å². The smallest absolute Gasteiger partial charge is 0.240 e. The Labute approximate surface area is 106 Å². The van der Waals surface area contributed by atoms with Gasteiger partial charge in [-0.3, -0.25) is 0 Å². The van der Waals surface area contributed by atoms with Crippen molar-refractivity contribution in [1.29, 1.82) is 0 Å². The lowest BCUT2D eigenvalue weighted by molar-refractivity contribution is 0.597. The van der Waals surface area contributed by atoms with E-state index >= 15 is 0 Å². The number of para-hydroxylation sites is 1. The van der Waals surface area contributed by atoms with Gasteiger partial charge in [0.15, 0.2) is 0 Å². The second-order valence-corrected chi connectivity index (χ2v) is 7.61. The molecule has 0 bridgehead atoms. The number of hydrogen-bond acceptors (Lipinski definition) is 6. The first-order valence-electron chi connectivity index (χ1n) is 4.94. The van der Waals surface area contributed by atoms with Gasteiger partial charge in [-0.15, -0.1) is 0 Å². The first-order valence-corrected chi connectivity index (χ1v) is 8.55. The maximum absolute atomic E-state index is 11.2. The standard InChI is InChI=1S/C9H15N3O4S2/c1-17(13,14)6-5-12-7-3-2-4-8(9(7)10)18(11,15)16/h2-4,12H,5-6,10H2,1H3,(H2,11,15,16). The fraction of sp³-hybridized carbons (Fsp3) is 0.333. The summed E-state index contributed by atoms with van der Waals surface area (Å²) < 4.78 is 44.3. The lowest BCUT2D eigenvalue weighted by Crippen LogP contribution is -2.17. The van der Waals surface area contributed by atoms with Crippen LogP contribution in [0.1, 0.15) is 0 Å². The topological polar surface area (TPSA) is 132 Å². The van der Waals surface area contributed by atoms with Gasteiger partial charge < -0.3 is 11.1 Å². The van der Waals surface area contributed by atoms with Crippen LogP contribution in [0.4, 0.5) is 11.4 Å². The largest absolute Gasteiger partial charge is 0.396 e. The summed E-state index contributed by atoms with van der Waals surface area (Å²) in [5.41, 5.74) is 5.97. The summed E-state index contributed by atoms with van der Waals surface area (Å²) >= 11 is 0. The number of hydrogen-bond donors (Lipinski definition) is 3. The molecule has 0 heterocycles. The lowest BCUT2D eigenvalue weighted by Gasteiger charge is -2.11. The van der Waals surface area contributed by atoms with Crippen LogP contribution in [0.5, 0.6) is 0 Å². The molecule has 0 amide bonds. The van der Waals surface area contributed by atoms with Crippen molar-refractivity contribution in [1.82, 2.24) is 0 Å². The van der Waals surface area contributed by atoms with Crippen molar-refractivity contribution in [3.8, 4) is 0 Å². The average Bonchev–Trinajstić information content (AvgIpc) is 2.17. The molecular weight excluding hydrogens is 278 g/mol. The predicted molar refractivity (Wildman–Crippen MR) is 70.4 cm³/mol. The Morgan fingerprint density at radius 2 is 1.83 bits per heavy atom. The van der Waals surface area contributed by atoms with Gasteiger partial charge >= 0.3 is 0 Å². The van der Waals surface area contributed by atoms with E-state index < -0.39 is 19.9 Å². The molecule has 0 saturated heterocycles. The molecule has 0 saturated carbocycles. The van der Waals surface area contributed by atoms with Crippen molar-refractivity contribution in [2.24, 2.45) is 5.14 Å². The first kappa shape index (κ1) is 14.7. The zero-order valence-corrected chi connectivity index (χ0v) is 11.4. The molecule has 1 rings (SSSR count). The van der Waals surface area contributed by atoms with E-state index in [0.29, 0.717) is 5.69 Å². The normalized spacial score (nSPS) is 12.3. The summed E-state index contributed by atoms with van der Waals surface area (Å²) in [7, 11) is -6.98. The molecule has 1 aromatic rings. The molecule has 0 radical (unpaired) electrons. The summed E-state index contributed by atoms with van der Waals surface area (Å²) in [6, 6.07) is 4.30. The number of benzene rings is 1. The van der Waals surface area contributed by atoms with Gasteiger partial charge in [0.2, 0.25) is 10.0 Å². The van der Waals surface area contributed by atoms with Gasteiger partial charge in [0, 0.05) is 12.8 Å². The van der Waals surface area contributed by atoms with Gasteiger partial charge in [-0.2, -0.15) is 0 Å². The van der Waals surface area contributed by atoms with Crippen LogP contribution in [0.25, 0.3) is 0 Å². The van der Waals surface area contributed by atoms with Crippen molar-refractivity contribution in [2.75, 3.05) is 29.6 Å². The zero-order chi connectivity index (χ0) is 14.0. The summed E-state index contributed by atoms with van der Waals surface area (Å²) in [6.07, 6.45) is 1.11. The van der Waals surface area contributed by atoms with Crippen molar-refractivity contribution >= 4 is 31.2 Å². The van der Waals surface area contributed by atoms with Crippen LogP contribution in [0.2, 0.25) is 0 Å². The Kier molecular flexibility index (Phi) is 4.20. The molecule has 9 heteroatoms. The van der Waals surface area contributed by atoms with Gasteiger partial charge in [0.1, 0.15) is 14.7 Å². The van der Waals surface area contributed by atoms with E-state index in [2.05, 4.69) is 5.32 Å². The number of anilines is 2. The molecule has 0 atom stereocenters. The van der Waals surface area contributed by atoms with Crippen LogP contribution in [0.3, 0.4) is 0 Å². The molecule has 18 heavy (non-hydrogen) atoms. The van der Waals surface area contributed by atoms with Gasteiger partial charge in [0.05, 0.1) is 17.1 Å². The maximum atomic E-state index is 11.2. The molecule has 0 fully saturated rings. The Bertz CT molecular complexity index is 638. The lowest BCUT2D eigenvalue weighted by atomic mass is 10.2. The third-order valence-electron chi connectivity index (χ3n) is 2.16. The number of nitrogens with one attached hydrogen (secondary N) is 1. The summed E-state index contributed by atoms with van der Waals surface area (Å²) in [6.45, 7) is 0.136. The Hall–Kier alpha value is -1.32. The SMILES string of the molecule is CS(=O)(=O)CCNc1cccc(S(N)(=O)=O)c1N. The van der Waals surface area contributed by atoms with Crippen LogP contribution in [0, 0.1) is 0 Å². The monoisotopic (exact) mass is 293 g/mol. The van der Waals surface area contributed by atoms with Gasteiger partial charge in [-0.25, -0.2) is 22.0 Å². The van der Waals surface area contributed by atoms with Crippen molar-refractivity contribution < 1.29 is 16.8 Å². The molecule has 7 nitrogen and oxygen atoms in total. The molecule has 0 spiro atoms. The minimum Gasteiger partial charge on any atom is -0.396 e. The number of sulfone groups is 1. The summed E-state index contributed by atoms with van der Waals surface area (Å²) in [5.74, 6) is -0.0773. The number of primary sulfonamides is 1. The van der Waals surface area contributed by atoms with Crippen LogP contribution in [0.15, 0.2) is 23.1 Å². The predicted octanol–water partition coefficient (Wildman–Crippen LogP) is -0.627. The Balaban J connectivity index is 2.92. The van der Waals surface area contributed by atoms with Crippen molar-refractivity contribution in [2.45, 2.75) is 4.90 Å². The maximum Gasteiger partial charge on any atom is 0.240 e. The molecule has 0 aliphatic heterocycles. The second-order valence-electron chi connectivity index (χ2n) is 3.82. The molecule has 1 aromatic carbocycles. The van der Waals surface area contributed by atoms with E-state index in [4.69, 9.17) is 10.9 Å². The fourth-order valence-electron chi connectivity index (χ4n) is 1.32. The first-order chi connectivity index (χ1) is 8.11. The fourth-order valence-corrected chi connectivity index (χ4v) is 2.47. The van der Waals surface area contributed by atoms with Crippen LogP contribution < -0.4 is 16.2 Å². The molecule has 0 aliphatic rings. The van der Waals surface area contributed by atoms with Crippen LogP contribution >= 0.6 is 0 Å². The van der Waals surface area contributed by atoms with Gasteiger partial charge in [0.25, 0.3) is 0 Å². The third-order valence-corrected chi connectivity index (χ3v) is 4.08. The molecule has 0 unspecified atom stereocenters. The number of rotatable bonds is 5.